The molecule has 0 aliphatic carbocycles. The Labute approximate surface area is 155 Å². The van der Waals surface area contributed by atoms with Gasteiger partial charge in [0.05, 0.1) is 16.9 Å². The fraction of sp³-hybridized carbons (Fsp3) is 0.150. The lowest BCUT2D eigenvalue weighted by atomic mass is 10.2. The molecule has 0 aliphatic heterocycles. The van der Waals surface area contributed by atoms with Gasteiger partial charge >= 0.3 is 0 Å². The molecule has 4 rings (SSSR count). The molecular formula is C20H18FN5O. The van der Waals surface area contributed by atoms with Crippen LogP contribution in [0.15, 0.2) is 60.8 Å². The van der Waals surface area contributed by atoms with E-state index in [1.165, 1.54) is 12.1 Å². The molecule has 2 aromatic carbocycles. The van der Waals surface area contributed by atoms with Crippen LogP contribution >= 0.6 is 0 Å². The Morgan fingerprint density at radius 2 is 1.93 bits per heavy atom. The SMILES string of the molecule is Cn1nc(C(=O)NCCc2ccn(-c3ccccc3)n2)c2cc(F)ccc21. The number of hydrogen-bond acceptors (Lipinski definition) is 3. The van der Waals surface area contributed by atoms with Gasteiger partial charge < -0.3 is 5.32 Å². The predicted octanol–water partition coefficient (Wildman–Crippen LogP) is 2.87. The Morgan fingerprint density at radius 1 is 1.11 bits per heavy atom. The number of benzene rings is 2. The van der Waals surface area contributed by atoms with Gasteiger partial charge in [-0.25, -0.2) is 9.07 Å². The van der Waals surface area contributed by atoms with Crippen molar-refractivity contribution in [3.05, 3.63) is 78.0 Å². The van der Waals surface area contributed by atoms with Crippen LogP contribution in [0.2, 0.25) is 0 Å². The van der Waals surface area contributed by atoms with Crippen molar-refractivity contribution in [2.24, 2.45) is 7.05 Å². The van der Waals surface area contributed by atoms with Gasteiger partial charge in [0.15, 0.2) is 5.69 Å². The molecule has 7 heteroatoms. The van der Waals surface area contributed by atoms with E-state index in [1.807, 2.05) is 42.6 Å². The molecule has 6 nitrogen and oxygen atoms in total. The maximum Gasteiger partial charge on any atom is 0.272 e. The van der Waals surface area contributed by atoms with Crippen molar-refractivity contribution in [3.63, 3.8) is 0 Å². The number of aryl methyl sites for hydroxylation is 1. The molecule has 27 heavy (non-hydrogen) atoms. The minimum Gasteiger partial charge on any atom is -0.350 e. The van der Waals surface area contributed by atoms with Crippen LogP contribution in [0.4, 0.5) is 4.39 Å². The van der Waals surface area contributed by atoms with Crippen LogP contribution in [0.5, 0.6) is 0 Å². The summed E-state index contributed by atoms with van der Waals surface area (Å²) in [5, 5.41) is 12.1. The molecule has 0 saturated carbocycles. The summed E-state index contributed by atoms with van der Waals surface area (Å²) in [5.41, 5.74) is 2.79. The van der Waals surface area contributed by atoms with Crippen molar-refractivity contribution in [2.75, 3.05) is 6.54 Å². The van der Waals surface area contributed by atoms with Gasteiger partial charge in [-0.3, -0.25) is 9.48 Å². The maximum absolute atomic E-state index is 13.5. The number of nitrogens with zero attached hydrogens (tertiary/aromatic N) is 4. The second kappa shape index (κ2) is 7.03. The molecule has 0 spiro atoms. The van der Waals surface area contributed by atoms with Crippen LogP contribution in [0.3, 0.4) is 0 Å². The summed E-state index contributed by atoms with van der Waals surface area (Å²) in [6.07, 6.45) is 2.48. The molecule has 0 atom stereocenters. The number of carbonyl (C=O) groups is 1. The van der Waals surface area contributed by atoms with Gasteiger partial charge in [0.1, 0.15) is 5.82 Å². The minimum absolute atomic E-state index is 0.224. The van der Waals surface area contributed by atoms with Crippen LogP contribution in [0.25, 0.3) is 16.6 Å². The number of fused-ring (bicyclic) bond motifs is 1. The number of carbonyl (C=O) groups excluding carboxylic acids is 1. The number of nitrogens with one attached hydrogen (secondary N) is 1. The van der Waals surface area contributed by atoms with Crippen molar-refractivity contribution in [1.82, 2.24) is 24.9 Å². The number of rotatable bonds is 5. The van der Waals surface area contributed by atoms with Crippen molar-refractivity contribution in [2.45, 2.75) is 6.42 Å². The van der Waals surface area contributed by atoms with Crippen molar-refractivity contribution in [3.8, 4) is 5.69 Å². The third kappa shape index (κ3) is 3.44. The van der Waals surface area contributed by atoms with Gasteiger partial charge in [-0.15, -0.1) is 0 Å². The highest BCUT2D eigenvalue weighted by molar-refractivity contribution is 6.04. The topological polar surface area (TPSA) is 64.7 Å². The molecule has 0 radical (unpaired) electrons. The monoisotopic (exact) mass is 363 g/mol. The van der Waals surface area contributed by atoms with E-state index in [0.29, 0.717) is 23.9 Å². The summed E-state index contributed by atoms with van der Waals surface area (Å²) in [5.74, 6) is -0.718. The molecule has 1 amide bonds. The van der Waals surface area contributed by atoms with Gasteiger partial charge in [-0.05, 0) is 36.4 Å². The van der Waals surface area contributed by atoms with E-state index in [1.54, 1.807) is 22.5 Å². The standard InChI is InChI=1S/C20H18FN5O/c1-25-18-8-7-14(21)13-17(18)19(24-25)20(27)22-11-9-15-10-12-26(23-15)16-5-3-2-4-6-16/h2-8,10,12-13H,9,11H2,1H3,(H,22,27). The Bertz CT molecular complexity index is 1100. The zero-order valence-electron chi connectivity index (χ0n) is 14.8. The lowest BCUT2D eigenvalue weighted by Gasteiger charge is -2.03. The number of amides is 1. The summed E-state index contributed by atoms with van der Waals surface area (Å²) < 4.78 is 16.9. The van der Waals surface area contributed by atoms with E-state index < -0.39 is 5.82 Å². The van der Waals surface area contributed by atoms with Gasteiger partial charge in [0, 0.05) is 31.6 Å². The molecule has 2 aromatic heterocycles. The van der Waals surface area contributed by atoms with Crippen LogP contribution in [0.1, 0.15) is 16.2 Å². The van der Waals surface area contributed by atoms with Crippen molar-refractivity contribution >= 4 is 16.8 Å². The maximum atomic E-state index is 13.5. The Hall–Kier alpha value is -3.48. The molecule has 1 N–H and O–H groups in total. The van der Waals surface area contributed by atoms with E-state index in [-0.39, 0.29) is 11.6 Å². The molecule has 0 bridgehead atoms. The largest absolute Gasteiger partial charge is 0.350 e. The fourth-order valence-corrected chi connectivity index (χ4v) is 3.01. The zero-order chi connectivity index (χ0) is 18.8. The first kappa shape index (κ1) is 17.0. The highest BCUT2D eigenvalue weighted by Crippen LogP contribution is 2.19. The number of para-hydroxylation sites is 1. The third-order valence-corrected chi connectivity index (χ3v) is 4.36. The molecule has 0 aliphatic rings. The molecular weight excluding hydrogens is 345 g/mol. The minimum atomic E-state index is -0.393. The Balaban J connectivity index is 1.42. The molecule has 2 heterocycles. The van der Waals surface area contributed by atoms with Crippen molar-refractivity contribution < 1.29 is 9.18 Å². The lowest BCUT2D eigenvalue weighted by Crippen LogP contribution is -2.26. The van der Waals surface area contributed by atoms with Gasteiger partial charge in [-0.2, -0.15) is 10.2 Å². The van der Waals surface area contributed by atoms with Crippen LogP contribution < -0.4 is 5.32 Å². The van der Waals surface area contributed by atoms with E-state index in [4.69, 9.17) is 0 Å². The first-order chi connectivity index (χ1) is 13.1. The predicted molar refractivity (Wildman–Crippen MR) is 100 cm³/mol. The van der Waals surface area contributed by atoms with Crippen LogP contribution in [0, 0.1) is 5.82 Å². The summed E-state index contributed by atoms with van der Waals surface area (Å²) in [6.45, 7) is 0.415. The third-order valence-electron chi connectivity index (χ3n) is 4.36. The zero-order valence-corrected chi connectivity index (χ0v) is 14.8. The molecule has 136 valence electrons. The normalized spacial score (nSPS) is 11.0. The van der Waals surface area contributed by atoms with Crippen molar-refractivity contribution in [1.29, 1.82) is 0 Å². The van der Waals surface area contributed by atoms with Gasteiger partial charge in [0.2, 0.25) is 0 Å². The summed E-state index contributed by atoms with van der Waals surface area (Å²) in [7, 11) is 1.73. The highest BCUT2D eigenvalue weighted by Gasteiger charge is 2.16. The number of aromatic nitrogens is 4. The van der Waals surface area contributed by atoms with Gasteiger partial charge in [-0.1, -0.05) is 18.2 Å². The molecule has 0 saturated heterocycles. The average Bonchev–Trinajstić information content (AvgIpc) is 3.27. The van der Waals surface area contributed by atoms with Gasteiger partial charge in [0.25, 0.3) is 5.91 Å². The summed E-state index contributed by atoms with van der Waals surface area (Å²) in [4.78, 5) is 12.5. The quantitative estimate of drug-likeness (QED) is 0.593. The average molecular weight is 363 g/mol. The smallest absolute Gasteiger partial charge is 0.272 e. The van der Waals surface area contributed by atoms with E-state index in [9.17, 15) is 9.18 Å². The summed E-state index contributed by atoms with van der Waals surface area (Å²) in [6, 6.07) is 16.0. The first-order valence-corrected chi connectivity index (χ1v) is 8.62. The Morgan fingerprint density at radius 3 is 2.74 bits per heavy atom. The lowest BCUT2D eigenvalue weighted by molar-refractivity contribution is 0.0950. The second-order valence-electron chi connectivity index (χ2n) is 6.23. The molecule has 0 fully saturated rings. The number of hydrogen-bond donors (Lipinski definition) is 1. The van der Waals surface area contributed by atoms with E-state index >= 15 is 0 Å². The molecule has 4 aromatic rings. The first-order valence-electron chi connectivity index (χ1n) is 8.62. The van der Waals surface area contributed by atoms with Crippen LogP contribution in [-0.4, -0.2) is 32.0 Å². The van der Waals surface area contributed by atoms with E-state index in [0.717, 1.165) is 11.4 Å². The van der Waals surface area contributed by atoms with Crippen LogP contribution in [-0.2, 0) is 13.5 Å². The second-order valence-corrected chi connectivity index (χ2v) is 6.23. The number of halogens is 1. The summed E-state index contributed by atoms with van der Waals surface area (Å²) >= 11 is 0. The van der Waals surface area contributed by atoms with E-state index in [2.05, 4.69) is 15.5 Å². The Kier molecular flexibility index (Phi) is 4.42. The highest BCUT2D eigenvalue weighted by atomic mass is 19.1. The molecule has 0 unspecified atom stereocenters. The fourth-order valence-electron chi connectivity index (χ4n) is 3.01.